The monoisotopic (exact) mass is 735 g/mol. The van der Waals surface area contributed by atoms with Gasteiger partial charge in [0.05, 0.1) is 63.0 Å². The maximum absolute atomic E-state index is 11.3. The van der Waals surface area contributed by atoms with E-state index in [2.05, 4.69) is 54.4 Å². The third-order valence-corrected chi connectivity index (χ3v) is 15.4. The Morgan fingerprint density at radius 3 is 2.33 bits per heavy atom. The molecule has 282 valence electrons. The van der Waals surface area contributed by atoms with E-state index in [9.17, 15) is 9.90 Å². The number of carboxylic acid groups (broad SMARTS) is 1. The van der Waals surface area contributed by atoms with Crippen LogP contribution in [-0.2, 0) is 4.43 Å². The number of fused-ring (bicyclic) bond motifs is 1. The molecule has 4 heterocycles. The molecule has 3 N–H and O–H groups in total. The van der Waals surface area contributed by atoms with Crippen LogP contribution in [-0.4, -0.2) is 95.4 Å². The molecule has 0 unspecified atom stereocenters. The zero-order valence-electron chi connectivity index (χ0n) is 31.8. The number of aryl methyl sites for hydroxylation is 1. The third kappa shape index (κ3) is 7.49. The summed E-state index contributed by atoms with van der Waals surface area (Å²) in [4.78, 5) is 28.6. The van der Waals surface area contributed by atoms with E-state index in [0.717, 1.165) is 73.3 Å². The Labute approximate surface area is 306 Å². The van der Waals surface area contributed by atoms with Crippen molar-refractivity contribution in [2.45, 2.75) is 102 Å². The first-order valence-electron chi connectivity index (χ1n) is 18.0. The minimum absolute atomic E-state index is 0.0638. The van der Waals surface area contributed by atoms with Crippen LogP contribution in [0.1, 0.15) is 71.0 Å². The van der Waals surface area contributed by atoms with Crippen molar-refractivity contribution in [1.29, 1.82) is 0 Å². The van der Waals surface area contributed by atoms with Crippen LogP contribution in [0.4, 0.5) is 22.4 Å². The fourth-order valence-electron chi connectivity index (χ4n) is 7.01. The Hall–Kier alpha value is -4.57. The lowest BCUT2D eigenvalue weighted by Gasteiger charge is -2.38. The molecule has 3 aromatic heterocycles. The largest absolute Gasteiger partial charge is 0.493 e. The second-order valence-corrected chi connectivity index (χ2v) is 20.1. The first-order valence-corrected chi connectivity index (χ1v) is 20.9. The predicted octanol–water partition coefficient (Wildman–Crippen LogP) is 6.83. The summed E-state index contributed by atoms with van der Waals surface area (Å²) >= 11 is 0. The highest BCUT2D eigenvalue weighted by Crippen LogP contribution is 2.41. The zero-order valence-corrected chi connectivity index (χ0v) is 32.8. The van der Waals surface area contributed by atoms with E-state index in [1.165, 1.54) is 0 Å². The van der Waals surface area contributed by atoms with E-state index in [0.29, 0.717) is 35.6 Å². The number of nitrogens with zero attached hydrogens (tertiary/aromatic N) is 7. The highest BCUT2D eigenvalue weighted by molar-refractivity contribution is 6.74. The first kappa shape index (κ1) is 37.2. The number of nitrogens with one attached hydrogen (secondary N) is 2. The second-order valence-electron chi connectivity index (χ2n) is 15.3. The molecule has 1 atom stereocenters. The van der Waals surface area contributed by atoms with Gasteiger partial charge in [-0.25, -0.2) is 14.5 Å². The molecule has 1 aliphatic heterocycles. The molecule has 1 saturated carbocycles. The zero-order chi connectivity index (χ0) is 37.4. The van der Waals surface area contributed by atoms with Gasteiger partial charge in [-0.3, -0.25) is 0 Å². The van der Waals surface area contributed by atoms with Crippen molar-refractivity contribution in [3.63, 3.8) is 0 Å². The standard InChI is InChI=1S/C36H53N9O6Si/c1-22-30-32(44-16-10-11-25(44)20-51-52(8,9)36(2,3)4)40-34(41-33(30)45(42-22)24-14-12-23(13-15-24)38-35(46)47)39-29-19-43(21-37-29)26-17-27(48-5)31(50-7)28(18-26)49-6/h17-19,21,23-25,38H,10-16,20H2,1-9H3,(H,46,47)(H,39,40,41)/t23-,24-,25-/m0/s1. The van der Waals surface area contributed by atoms with Crippen molar-refractivity contribution in [3.8, 4) is 22.9 Å². The molecule has 0 bridgehead atoms. The van der Waals surface area contributed by atoms with Gasteiger partial charge >= 0.3 is 6.09 Å². The average molecular weight is 736 g/mol. The molecule has 1 amide bonds. The number of carbonyl (C=O) groups is 1. The SMILES string of the molecule is COc1cc(-n2cnc(Nc3nc(N4CCC[C@H]4CO[Si](C)(C)C(C)(C)C)c4c(C)nn([C@H]5CC[C@H](NC(=O)O)CC5)c4n3)c2)cc(OC)c1OC. The highest BCUT2D eigenvalue weighted by atomic mass is 28.4. The van der Waals surface area contributed by atoms with Crippen molar-refractivity contribution < 1.29 is 28.5 Å². The molecule has 2 fully saturated rings. The Morgan fingerprint density at radius 2 is 1.71 bits per heavy atom. The molecule has 4 aromatic rings. The number of hydrogen-bond acceptors (Lipinski definition) is 11. The maximum atomic E-state index is 11.3. The summed E-state index contributed by atoms with van der Waals surface area (Å²) in [6.45, 7) is 14.9. The quantitative estimate of drug-likeness (QED) is 0.130. The molecule has 52 heavy (non-hydrogen) atoms. The van der Waals surface area contributed by atoms with Crippen LogP contribution in [0.2, 0.25) is 18.1 Å². The number of hydrogen-bond donors (Lipinski definition) is 3. The van der Waals surface area contributed by atoms with Crippen LogP contribution in [0, 0.1) is 6.92 Å². The molecule has 1 aliphatic carbocycles. The van der Waals surface area contributed by atoms with Gasteiger partial charge in [-0.15, -0.1) is 0 Å². The van der Waals surface area contributed by atoms with E-state index >= 15 is 0 Å². The number of rotatable bonds is 12. The minimum Gasteiger partial charge on any atom is -0.493 e. The lowest BCUT2D eigenvalue weighted by atomic mass is 9.91. The Morgan fingerprint density at radius 1 is 1.02 bits per heavy atom. The van der Waals surface area contributed by atoms with Gasteiger partial charge in [0.15, 0.2) is 31.3 Å². The van der Waals surface area contributed by atoms with Gasteiger partial charge in [-0.05, 0) is 63.6 Å². The summed E-state index contributed by atoms with van der Waals surface area (Å²) in [5.74, 6) is 3.38. The van der Waals surface area contributed by atoms with E-state index < -0.39 is 14.4 Å². The molecule has 0 radical (unpaired) electrons. The number of anilines is 3. The summed E-state index contributed by atoms with van der Waals surface area (Å²) in [5, 5.41) is 21.4. The van der Waals surface area contributed by atoms with Crippen molar-refractivity contribution in [3.05, 3.63) is 30.4 Å². The molecule has 0 spiro atoms. The van der Waals surface area contributed by atoms with Gasteiger partial charge in [0, 0.05) is 24.7 Å². The van der Waals surface area contributed by atoms with Crippen LogP contribution in [0.25, 0.3) is 16.7 Å². The molecule has 6 rings (SSSR count). The predicted molar refractivity (Wildman–Crippen MR) is 203 cm³/mol. The molecular formula is C36H53N9O6Si. The molecular weight excluding hydrogens is 683 g/mol. The van der Waals surface area contributed by atoms with E-state index in [1.54, 1.807) is 27.7 Å². The molecule has 15 nitrogen and oxygen atoms in total. The van der Waals surface area contributed by atoms with Crippen molar-refractivity contribution in [2.75, 3.05) is 44.7 Å². The van der Waals surface area contributed by atoms with Crippen molar-refractivity contribution >= 4 is 43.0 Å². The number of methoxy groups -OCH3 is 3. The fraction of sp³-hybridized carbons (Fsp3) is 0.583. The third-order valence-electron chi connectivity index (χ3n) is 10.9. The smallest absolute Gasteiger partial charge is 0.404 e. The normalized spacial score (nSPS) is 19.6. The van der Waals surface area contributed by atoms with Gasteiger partial charge in [0.2, 0.25) is 11.7 Å². The summed E-state index contributed by atoms with van der Waals surface area (Å²) < 4.78 is 27.3. The van der Waals surface area contributed by atoms with Crippen LogP contribution in [0.15, 0.2) is 24.7 Å². The lowest BCUT2D eigenvalue weighted by Crippen LogP contribution is -2.45. The number of ether oxygens (including phenoxy) is 3. The summed E-state index contributed by atoms with van der Waals surface area (Å²) in [6.07, 6.45) is 7.67. The number of benzene rings is 1. The van der Waals surface area contributed by atoms with Crippen molar-refractivity contribution in [1.82, 2.24) is 34.6 Å². The minimum atomic E-state index is -1.97. The van der Waals surface area contributed by atoms with E-state index in [-0.39, 0.29) is 23.2 Å². The van der Waals surface area contributed by atoms with Crippen molar-refractivity contribution in [2.24, 2.45) is 0 Å². The Kier molecular flexibility index (Phi) is 10.6. The topological polar surface area (TPSA) is 163 Å². The Bertz CT molecular complexity index is 1870. The second kappa shape index (κ2) is 14.8. The highest BCUT2D eigenvalue weighted by Gasteiger charge is 2.39. The summed E-state index contributed by atoms with van der Waals surface area (Å²) in [5.41, 5.74) is 2.39. The first-order chi connectivity index (χ1) is 24.7. The number of amides is 1. The lowest BCUT2D eigenvalue weighted by molar-refractivity contribution is 0.182. The van der Waals surface area contributed by atoms with E-state index in [1.807, 2.05) is 34.5 Å². The summed E-state index contributed by atoms with van der Waals surface area (Å²) in [6, 6.07) is 3.89. The van der Waals surface area contributed by atoms with Crippen LogP contribution in [0.5, 0.6) is 17.2 Å². The van der Waals surface area contributed by atoms with Crippen LogP contribution >= 0.6 is 0 Å². The van der Waals surface area contributed by atoms with Crippen LogP contribution in [0.3, 0.4) is 0 Å². The van der Waals surface area contributed by atoms with Gasteiger partial charge in [0.25, 0.3) is 0 Å². The molecule has 16 heteroatoms. The van der Waals surface area contributed by atoms with Gasteiger partial charge in [-0.1, -0.05) is 20.8 Å². The number of aromatic nitrogens is 6. The van der Waals surface area contributed by atoms with Crippen LogP contribution < -0.4 is 29.7 Å². The molecule has 1 aromatic carbocycles. The maximum Gasteiger partial charge on any atom is 0.404 e. The summed E-state index contributed by atoms with van der Waals surface area (Å²) in [7, 11) is 2.78. The van der Waals surface area contributed by atoms with E-state index in [4.69, 9.17) is 33.7 Å². The molecule has 2 aliphatic rings. The van der Waals surface area contributed by atoms with Gasteiger partial charge in [-0.2, -0.15) is 15.1 Å². The average Bonchev–Trinajstić information content (AvgIpc) is 3.85. The fourth-order valence-corrected chi connectivity index (χ4v) is 8.05. The van der Waals surface area contributed by atoms with Gasteiger partial charge < -0.3 is 43.8 Å². The number of imidazole rings is 1. The Balaban J connectivity index is 1.36. The molecule has 1 saturated heterocycles. The van der Waals surface area contributed by atoms with Gasteiger partial charge in [0.1, 0.15) is 12.1 Å².